The molecule has 0 saturated heterocycles. The van der Waals surface area contributed by atoms with Gasteiger partial charge in [-0.1, -0.05) is 6.07 Å². The van der Waals surface area contributed by atoms with Crippen molar-refractivity contribution < 1.29 is 14.3 Å². The maximum absolute atomic E-state index is 12.4. The van der Waals surface area contributed by atoms with Crippen molar-refractivity contribution in [3.05, 3.63) is 54.2 Å². The SMILES string of the molecule is C[C@@H](Oc1ccc(C#N)cc1)C(=O)[C@H](C#N)C(=O)Nc1ccccn1. The quantitative estimate of drug-likeness (QED) is 0.808. The third kappa shape index (κ3) is 4.63. The number of ether oxygens (including phenoxy) is 1. The molecule has 7 heteroatoms. The van der Waals surface area contributed by atoms with Crippen LogP contribution in [-0.4, -0.2) is 22.8 Å². The van der Waals surface area contributed by atoms with Gasteiger partial charge in [0.1, 0.15) is 11.6 Å². The molecule has 0 spiro atoms. The van der Waals surface area contributed by atoms with Crippen LogP contribution in [0.1, 0.15) is 12.5 Å². The summed E-state index contributed by atoms with van der Waals surface area (Å²) >= 11 is 0. The first-order valence-corrected chi connectivity index (χ1v) is 7.37. The Morgan fingerprint density at radius 1 is 1.16 bits per heavy atom. The molecule has 1 heterocycles. The third-order valence-corrected chi connectivity index (χ3v) is 3.29. The van der Waals surface area contributed by atoms with E-state index in [1.807, 2.05) is 6.07 Å². The van der Waals surface area contributed by atoms with Crippen LogP contribution < -0.4 is 10.1 Å². The predicted molar refractivity (Wildman–Crippen MR) is 88.2 cm³/mol. The number of hydrogen-bond acceptors (Lipinski definition) is 6. The molecular weight excluding hydrogens is 320 g/mol. The molecule has 0 aliphatic heterocycles. The zero-order valence-electron chi connectivity index (χ0n) is 13.3. The second kappa shape index (κ2) is 8.23. The lowest BCUT2D eigenvalue weighted by Gasteiger charge is -2.16. The summed E-state index contributed by atoms with van der Waals surface area (Å²) in [5.74, 6) is -2.33. The van der Waals surface area contributed by atoms with Gasteiger partial charge < -0.3 is 10.1 Å². The number of amides is 1. The standard InChI is InChI=1S/C18H14N4O3/c1-12(25-14-7-5-13(10-19)6-8-14)17(23)15(11-20)18(24)22-16-4-2-3-9-21-16/h2-9,12,15H,1H3,(H,21,22,24)/t12-,15+/m1/s1. The fourth-order valence-corrected chi connectivity index (χ4v) is 1.99. The Labute approximate surface area is 144 Å². The number of aromatic nitrogens is 1. The molecule has 0 unspecified atom stereocenters. The van der Waals surface area contributed by atoms with Crippen molar-refractivity contribution in [3.8, 4) is 17.9 Å². The first-order chi connectivity index (χ1) is 12.0. The van der Waals surface area contributed by atoms with E-state index in [1.165, 1.54) is 25.3 Å². The summed E-state index contributed by atoms with van der Waals surface area (Å²) < 4.78 is 5.45. The lowest BCUT2D eigenvalue weighted by Crippen LogP contribution is -2.37. The van der Waals surface area contributed by atoms with Crippen molar-refractivity contribution in [1.29, 1.82) is 10.5 Å². The first-order valence-electron chi connectivity index (χ1n) is 7.37. The summed E-state index contributed by atoms with van der Waals surface area (Å²) in [7, 11) is 0. The second-order valence-electron chi connectivity index (χ2n) is 5.06. The van der Waals surface area contributed by atoms with Crippen LogP contribution in [0.5, 0.6) is 5.75 Å². The Balaban J connectivity index is 2.03. The van der Waals surface area contributed by atoms with Crippen molar-refractivity contribution in [2.24, 2.45) is 5.92 Å². The van der Waals surface area contributed by atoms with Crippen molar-refractivity contribution in [3.63, 3.8) is 0 Å². The lowest BCUT2D eigenvalue weighted by molar-refractivity contribution is -0.133. The second-order valence-corrected chi connectivity index (χ2v) is 5.06. The van der Waals surface area contributed by atoms with Crippen LogP contribution in [0, 0.1) is 28.6 Å². The van der Waals surface area contributed by atoms with Crippen LogP contribution in [0.3, 0.4) is 0 Å². The smallest absolute Gasteiger partial charge is 0.250 e. The molecule has 2 aromatic rings. The number of Topliss-reactive ketones (excluding diaryl/α,β-unsaturated/α-hetero) is 1. The van der Waals surface area contributed by atoms with Crippen LogP contribution >= 0.6 is 0 Å². The van der Waals surface area contributed by atoms with Crippen molar-refractivity contribution in [1.82, 2.24) is 4.98 Å². The number of nitriles is 2. The highest BCUT2D eigenvalue weighted by atomic mass is 16.5. The van der Waals surface area contributed by atoms with E-state index in [2.05, 4.69) is 10.3 Å². The molecule has 0 aliphatic rings. The summed E-state index contributed by atoms with van der Waals surface area (Å²) in [5.41, 5.74) is 0.455. The largest absolute Gasteiger partial charge is 0.483 e. The molecule has 0 bridgehead atoms. The van der Waals surface area contributed by atoms with Gasteiger partial charge in [0.05, 0.1) is 17.7 Å². The number of pyridine rings is 1. The average molecular weight is 334 g/mol. The molecule has 0 saturated carbocycles. The van der Waals surface area contributed by atoms with Crippen LogP contribution in [0.4, 0.5) is 5.82 Å². The molecule has 7 nitrogen and oxygen atoms in total. The van der Waals surface area contributed by atoms with Crippen molar-refractivity contribution >= 4 is 17.5 Å². The van der Waals surface area contributed by atoms with Gasteiger partial charge in [-0.25, -0.2) is 4.98 Å². The maximum atomic E-state index is 12.4. The van der Waals surface area contributed by atoms with Gasteiger partial charge in [0.25, 0.3) is 5.91 Å². The highest BCUT2D eigenvalue weighted by Gasteiger charge is 2.31. The zero-order chi connectivity index (χ0) is 18.2. The van der Waals surface area contributed by atoms with E-state index in [0.717, 1.165) is 0 Å². The Bertz CT molecular complexity index is 835. The minimum atomic E-state index is -1.52. The number of hydrogen-bond donors (Lipinski definition) is 1. The number of benzene rings is 1. The number of carbonyl (C=O) groups is 2. The predicted octanol–water partition coefficient (Wildman–Crippen LogP) is 2.07. The minimum absolute atomic E-state index is 0.251. The van der Waals surface area contributed by atoms with E-state index in [0.29, 0.717) is 11.3 Å². The van der Waals surface area contributed by atoms with Crippen molar-refractivity contribution in [2.45, 2.75) is 13.0 Å². The van der Waals surface area contributed by atoms with E-state index in [1.54, 1.807) is 36.4 Å². The van der Waals surface area contributed by atoms with Gasteiger partial charge >= 0.3 is 0 Å². The van der Waals surface area contributed by atoms with E-state index < -0.39 is 23.7 Å². The summed E-state index contributed by atoms with van der Waals surface area (Å²) in [6.07, 6.45) is 0.474. The maximum Gasteiger partial charge on any atom is 0.250 e. The highest BCUT2D eigenvalue weighted by molar-refractivity contribution is 6.10. The number of anilines is 1. The van der Waals surface area contributed by atoms with Gasteiger partial charge in [0.2, 0.25) is 0 Å². The molecular formula is C18H14N4O3. The molecule has 2 rings (SSSR count). The summed E-state index contributed by atoms with van der Waals surface area (Å²) in [6, 6.07) is 14.7. The Hall–Kier alpha value is -3.71. The molecule has 25 heavy (non-hydrogen) atoms. The Morgan fingerprint density at radius 2 is 1.88 bits per heavy atom. The van der Waals surface area contributed by atoms with Gasteiger partial charge in [0, 0.05) is 6.20 Å². The normalized spacial score (nSPS) is 12.1. The van der Waals surface area contributed by atoms with Crippen LogP contribution in [0.25, 0.3) is 0 Å². The molecule has 1 N–H and O–H groups in total. The number of nitrogens with one attached hydrogen (secondary N) is 1. The van der Waals surface area contributed by atoms with Gasteiger partial charge in [-0.05, 0) is 43.3 Å². The molecule has 0 fully saturated rings. The number of carbonyl (C=O) groups excluding carboxylic acids is 2. The number of ketones is 1. The Morgan fingerprint density at radius 3 is 2.44 bits per heavy atom. The van der Waals surface area contributed by atoms with E-state index in [4.69, 9.17) is 10.00 Å². The molecule has 2 atom stereocenters. The van der Waals surface area contributed by atoms with Crippen LogP contribution in [0.2, 0.25) is 0 Å². The molecule has 1 amide bonds. The fraction of sp³-hybridized carbons (Fsp3) is 0.167. The minimum Gasteiger partial charge on any atom is -0.483 e. The summed E-state index contributed by atoms with van der Waals surface area (Å²) in [5, 5.41) is 20.4. The van der Waals surface area contributed by atoms with Gasteiger partial charge in [-0.15, -0.1) is 0 Å². The van der Waals surface area contributed by atoms with Crippen LogP contribution in [0.15, 0.2) is 48.7 Å². The van der Waals surface area contributed by atoms with E-state index in [9.17, 15) is 14.9 Å². The van der Waals surface area contributed by atoms with E-state index >= 15 is 0 Å². The lowest BCUT2D eigenvalue weighted by atomic mass is 10.0. The molecule has 0 radical (unpaired) electrons. The molecule has 124 valence electrons. The third-order valence-electron chi connectivity index (χ3n) is 3.29. The average Bonchev–Trinajstić information content (AvgIpc) is 2.63. The number of nitrogens with zero attached hydrogens (tertiary/aromatic N) is 3. The van der Waals surface area contributed by atoms with E-state index in [-0.39, 0.29) is 5.82 Å². The van der Waals surface area contributed by atoms with Crippen molar-refractivity contribution in [2.75, 3.05) is 5.32 Å². The fourth-order valence-electron chi connectivity index (χ4n) is 1.99. The summed E-state index contributed by atoms with van der Waals surface area (Å²) in [4.78, 5) is 28.4. The molecule has 0 aliphatic carbocycles. The monoisotopic (exact) mass is 334 g/mol. The summed E-state index contributed by atoms with van der Waals surface area (Å²) in [6.45, 7) is 1.46. The topological polar surface area (TPSA) is 116 Å². The molecule has 1 aromatic heterocycles. The van der Waals surface area contributed by atoms with Gasteiger partial charge in [-0.2, -0.15) is 10.5 Å². The zero-order valence-corrected chi connectivity index (χ0v) is 13.3. The van der Waals surface area contributed by atoms with Crippen LogP contribution in [-0.2, 0) is 9.59 Å². The first kappa shape index (κ1) is 17.6. The van der Waals surface area contributed by atoms with Gasteiger partial charge in [0.15, 0.2) is 17.8 Å². The highest BCUT2D eigenvalue weighted by Crippen LogP contribution is 2.16. The molecule has 1 aromatic carbocycles. The van der Waals surface area contributed by atoms with Gasteiger partial charge in [-0.3, -0.25) is 9.59 Å². The number of rotatable bonds is 6. The Kier molecular flexibility index (Phi) is 5.81.